The molecule has 0 spiro atoms. The van der Waals surface area contributed by atoms with Crippen LogP contribution in [-0.2, 0) is 4.79 Å². The second-order valence-corrected chi connectivity index (χ2v) is 6.85. The molecule has 0 aliphatic rings. The van der Waals surface area contributed by atoms with Gasteiger partial charge in [0.1, 0.15) is 22.6 Å². The number of hydrogen-bond acceptors (Lipinski definition) is 9. The lowest BCUT2D eigenvalue weighted by Crippen LogP contribution is -2.39. The summed E-state index contributed by atoms with van der Waals surface area (Å²) in [5, 5.41) is 3.34. The van der Waals surface area contributed by atoms with Gasteiger partial charge in [-0.25, -0.2) is 9.37 Å². The monoisotopic (exact) mass is 441 g/mol. The van der Waals surface area contributed by atoms with Crippen LogP contribution in [0.5, 0.6) is 5.88 Å². The maximum Gasteiger partial charge on any atom is 0.388 e. The standard InChI is InChI=1S/C17H14F3N5O4S/c1-7(15(22)27)25(9-4-2-8(18)3-5-9)17-23-14(21)13(30-17)12(26)10-6-11(24-29-10)28-16(19)20/h2-7,16H,21H2,1H3,(H2,22,27)/t7-/m1/s1. The van der Waals surface area contributed by atoms with Gasteiger partial charge in [0.15, 0.2) is 5.13 Å². The molecule has 3 aromatic rings. The Kier molecular flexibility index (Phi) is 5.91. The number of anilines is 3. The molecule has 0 unspecified atom stereocenters. The smallest absolute Gasteiger partial charge is 0.388 e. The third-order valence-corrected chi connectivity index (χ3v) is 4.95. The summed E-state index contributed by atoms with van der Waals surface area (Å²) >= 11 is 0.800. The topological polar surface area (TPSA) is 138 Å². The SMILES string of the molecule is C[C@H](C(N)=O)N(c1ccc(F)cc1)c1nc(N)c(C(=O)c2cc(OC(F)F)no2)s1. The number of carbonyl (C=O) groups excluding carboxylic acids is 2. The van der Waals surface area contributed by atoms with E-state index in [0.717, 1.165) is 17.4 Å². The molecule has 2 heterocycles. The van der Waals surface area contributed by atoms with Crippen LogP contribution in [0.15, 0.2) is 34.9 Å². The van der Waals surface area contributed by atoms with Gasteiger partial charge in [0.2, 0.25) is 17.5 Å². The number of carbonyl (C=O) groups is 2. The minimum absolute atomic E-state index is 0.0893. The van der Waals surface area contributed by atoms with Crippen LogP contribution in [-0.4, -0.2) is 34.5 Å². The zero-order valence-corrected chi connectivity index (χ0v) is 16.0. The van der Waals surface area contributed by atoms with Crippen LogP contribution in [0.2, 0.25) is 0 Å². The summed E-state index contributed by atoms with van der Waals surface area (Å²) in [4.78, 5) is 29.8. The van der Waals surface area contributed by atoms with Crippen LogP contribution in [0, 0.1) is 5.82 Å². The van der Waals surface area contributed by atoms with Gasteiger partial charge in [-0.15, -0.1) is 0 Å². The number of nitrogen functional groups attached to an aromatic ring is 1. The lowest BCUT2D eigenvalue weighted by Gasteiger charge is -2.26. The Morgan fingerprint density at radius 1 is 1.27 bits per heavy atom. The van der Waals surface area contributed by atoms with Crippen molar-refractivity contribution in [3.8, 4) is 5.88 Å². The van der Waals surface area contributed by atoms with Crippen molar-refractivity contribution in [2.45, 2.75) is 19.6 Å². The Bertz CT molecular complexity index is 1070. The van der Waals surface area contributed by atoms with Crippen LogP contribution in [0.3, 0.4) is 0 Å². The molecule has 13 heteroatoms. The number of nitrogens with two attached hydrogens (primary N) is 2. The van der Waals surface area contributed by atoms with E-state index in [9.17, 15) is 22.8 Å². The van der Waals surface area contributed by atoms with Crippen LogP contribution < -0.4 is 21.1 Å². The van der Waals surface area contributed by atoms with E-state index < -0.39 is 41.8 Å². The Balaban J connectivity index is 1.97. The molecule has 0 saturated heterocycles. The number of ether oxygens (including phenoxy) is 1. The number of rotatable bonds is 8. The lowest BCUT2D eigenvalue weighted by molar-refractivity contribution is -0.118. The van der Waals surface area contributed by atoms with Gasteiger partial charge in [0, 0.05) is 5.69 Å². The fraction of sp³-hybridized carbons (Fsp3) is 0.176. The molecule has 0 radical (unpaired) electrons. The summed E-state index contributed by atoms with van der Waals surface area (Å²) in [6, 6.07) is 5.13. The highest BCUT2D eigenvalue weighted by Crippen LogP contribution is 2.36. The minimum Gasteiger partial charge on any atom is -0.414 e. The number of halogens is 3. The molecule has 0 bridgehead atoms. The second-order valence-electron chi connectivity index (χ2n) is 5.87. The van der Waals surface area contributed by atoms with Crippen molar-refractivity contribution < 1.29 is 32.0 Å². The molecule has 1 atom stereocenters. The third kappa shape index (κ3) is 4.35. The summed E-state index contributed by atoms with van der Waals surface area (Å²) in [5.74, 6) is -3.15. The zero-order valence-electron chi connectivity index (χ0n) is 15.2. The molecule has 3 rings (SSSR count). The average molecular weight is 441 g/mol. The Morgan fingerprint density at radius 3 is 2.53 bits per heavy atom. The molecule has 1 amide bonds. The van der Waals surface area contributed by atoms with Crippen LogP contribution in [0.4, 0.5) is 29.8 Å². The van der Waals surface area contributed by atoms with Gasteiger partial charge in [0.25, 0.3) is 5.88 Å². The van der Waals surface area contributed by atoms with Gasteiger partial charge in [-0.2, -0.15) is 8.78 Å². The van der Waals surface area contributed by atoms with Gasteiger partial charge >= 0.3 is 6.61 Å². The number of primary amides is 1. The van der Waals surface area contributed by atoms with Gasteiger partial charge in [-0.05, 0) is 36.3 Å². The fourth-order valence-electron chi connectivity index (χ4n) is 2.44. The number of ketones is 1. The number of amides is 1. The summed E-state index contributed by atoms with van der Waals surface area (Å²) in [6.45, 7) is -1.65. The molecule has 0 aliphatic heterocycles. The summed E-state index contributed by atoms with van der Waals surface area (Å²) in [7, 11) is 0. The molecule has 158 valence electrons. The van der Waals surface area contributed by atoms with E-state index in [0.29, 0.717) is 5.69 Å². The number of alkyl halides is 2. The van der Waals surface area contributed by atoms with E-state index in [2.05, 4.69) is 14.9 Å². The number of nitrogens with zero attached hydrogens (tertiary/aromatic N) is 3. The molecule has 9 nitrogen and oxygen atoms in total. The Labute approximate surface area is 171 Å². The first-order valence-corrected chi connectivity index (χ1v) is 9.05. The Hall–Kier alpha value is -3.61. The highest BCUT2D eigenvalue weighted by atomic mass is 32.1. The molecule has 30 heavy (non-hydrogen) atoms. The Morgan fingerprint density at radius 2 is 1.93 bits per heavy atom. The van der Waals surface area contributed by atoms with E-state index in [4.69, 9.17) is 16.0 Å². The maximum atomic E-state index is 13.3. The van der Waals surface area contributed by atoms with E-state index in [1.54, 1.807) is 0 Å². The van der Waals surface area contributed by atoms with Crippen LogP contribution in [0.25, 0.3) is 0 Å². The second kappa shape index (κ2) is 8.41. The molecule has 4 N–H and O–H groups in total. The fourth-order valence-corrected chi connectivity index (χ4v) is 3.47. The van der Waals surface area contributed by atoms with Gasteiger partial charge in [0.05, 0.1) is 6.07 Å². The molecular weight excluding hydrogens is 427 g/mol. The first kappa shape index (κ1) is 21.1. The molecule has 2 aromatic heterocycles. The maximum absolute atomic E-state index is 13.3. The highest BCUT2D eigenvalue weighted by Gasteiger charge is 2.29. The zero-order chi connectivity index (χ0) is 22.0. The van der Waals surface area contributed by atoms with Crippen molar-refractivity contribution in [1.82, 2.24) is 10.1 Å². The van der Waals surface area contributed by atoms with Gasteiger partial charge in [-0.1, -0.05) is 11.3 Å². The van der Waals surface area contributed by atoms with E-state index >= 15 is 0 Å². The van der Waals surface area contributed by atoms with E-state index in [1.807, 2.05) is 0 Å². The quantitative estimate of drug-likeness (QED) is 0.509. The number of hydrogen-bond donors (Lipinski definition) is 2. The van der Waals surface area contributed by atoms with E-state index in [1.165, 1.54) is 36.1 Å². The van der Waals surface area contributed by atoms with Crippen molar-refractivity contribution in [2.75, 3.05) is 10.6 Å². The van der Waals surface area contributed by atoms with Crippen molar-refractivity contribution in [3.05, 3.63) is 46.8 Å². The molecule has 0 fully saturated rings. The predicted octanol–water partition coefficient (Wildman–Crippen LogP) is 2.70. The highest BCUT2D eigenvalue weighted by molar-refractivity contribution is 7.18. The normalized spacial score (nSPS) is 12.0. The van der Waals surface area contributed by atoms with Gasteiger partial charge < -0.3 is 25.6 Å². The number of thiazole rings is 1. The summed E-state index contributed by atoms with van der Waals surface area (Å²) in [6.07, 6.45) is 0. The van der Waals surface area contributed by atoms with Gasteiger partial charge in [-0.3, -0.25) is 9.59 Å². The van der Waals surface area contributed by atoms with Crippen LogP contribution in [0.1, 0.15) is 22.4 Å². The first-order valence-electron chi connectivity index (χ1n) is 8.24. The third-order valence-electron chi connectivity index (χ3n) is 3.88. The van der Waals surface area contributed by atoms with Crippen LogP contribution >= 0.6 is 11.3 Å². The average Bonchev–Trinajstić information content (AvgIpc) is 3.29. The predicted molar refractivity (Wildman–Crippen MR) is 100 cm³/mol. The minimum atomic E-state index is -3.14. The number of benzene rings is 1. The van der Waals surface area contributed by atoms with Crippen molar-refractivity contribution in [3.63, 3.8) is 0 Å². The molecule has 0 aliphatic carbocycles. The molecule has 1 aromatic carbocycles. The van der Waals surface area contributed by atoms with Crippen molar-refractivity contribution in [1.29, 1.82) is 0 Å². The largest absolute Gasteiger partial charge is 0.414 e. The molecule has 0 saturated carbocycles. The molecular formula is C17H14F3N5O4S. The van der Waals surface area contributed by atoms with E-state index in [-0.39, 0.29) is 15.8 Å². The van der Waals surface area contributed by atoms with Crippen molar-refractivity contribution >= 4 is 39.7 Å². The lowest BCUT2D eigenvalue weighted by atomic mass is 10.2. The number of aromatic nitrogens is 2. The summed E-state index contributed by atoms with van der Waals surface area (Å²) < 4.78 is 46.6. The van der Waals surface area contributed by atoms with Crippen molar-refractivity contribution in [2.24, 2.45) is 5.73 Å². The first-order chi connectivity index (χ1) is 14.2. The summed E-state index contributed by atoms with van der Waals surface area (Å²) in [5.41, 5.74) is 11.6.